The fraction of sp³-hybridized carbons (Fsp3) is 0.217. The van der Waals surface area contributed by atoms with Gasteiger partial charge in [0.2, 0.25) is 10.0 Å². The molecule has 1 aromatic heterocycles. The van der Waals surface area contributed by atoms with E-state index >= 15 is 0 Å². The third kappa shape index (κ3) is 5.59. The zero-order chi connectivity index (χ0) is 22.6. The van der Waals surface area contributed by atoms with Gasteiger partial charge in [-0.1, -0.05) is 48.5 Å². The van der Waals surface area contributed by atoms with Crippen molar-refractivity contribution < 1.29 is 23.1 Å². The Bertz CT molecular complexity index is 1180. The number of carboxylic acids is 1. The van der Waals surface area contributed by atoms with Crippen LogP contribution in [-0.4, -0.2) is 30.5 Å². The monoisotopic (exact) mass is 457 g/mol. The number of hydrogen-bond acceptors (Lipinski definition) is 5. The Labute approximate surface area is 185 Å². The van der Waals surface area contributed by atoms with Crippen molar-refractivity contribution in [1.29, 1.82) is 0 Å². The fourth-order valence-corrected chi connectivity index (χ4v) is 4.55. The number of carboxylic acid groups (broad SMARTS) is 1. The standard InChI is InChI=1S/C23H23NO5S2/c1-15(2)31(28,29)24-20-13-14-30-23(20)19-9-5-17(6-10-19)16-3-7-18(8-4-16)21(25)11-12-22(26)27/h3-10,13-15,24H,11-12H2,1-2H3,(H,26,27). The Morgan fingerprint density at radius 3 is 2.00 bits per heavy atom. The van der Waals surface area contributed by atoms with Gasteiger partial charge in [-0.15, -0.1) is 11.3 Å². The molecule has 0 unspecified atom stereocenters. The van der Waals surface area contributed by atoms with Crippen molar-refractivity contribution in [3.63, 3.8) is 0 Å². The molecule has 0 spiro atoms. The van der Waals surface area contributed by atoms with Crippen molar-refractivity contribution in [2.45, 2.75) is 31.9 Å². The van der Waals surface area contributed by atoms with Crippen LogP contribution in [0.4, 0.5) is 5.69 Å². The summed E-state index contributed by atoms with van der Waals surface area (Å²) < 4.78 is 27.1. The number of sulfonamides is 1. The van der Waals surface area contributed by atoms with Crippen LogP contribution in [0.15, 0.2) is 60.0 Å². The lowest BCUT2D eigenvalue weighted by Gasteiger charge is -2.12. The van der Waals surface area contributed by atoms with Crippen molar-refractivity contribution in [2.75, 3.05) is 4.72 Å². The number of anilines is 1. The molecule has 0 bridgehead atoms. The SMILES string of the molecule is CC(C)S(=O)(=O)Nc1ccsc1-c1ccc(-c2ccc(C(=O)CCC(=O)O)cc2)cc1. The van der Waals surface area contributed by atoms with Gasteiger partial charge in [0.1, 0.15) is 0 Å². The number of thiophene rings is 1. The Morgan fingerprint density at radius 1 is 0.903 bits per heavy atom. The number of benzene rings is 2. The van der Waals surface area contributed by atoms with Crippen LogP contribution in [0.3, 0.4) is 0 Å². The highest BCUT2D eigenvalue weighted by molar-refractivity contribution is 7.93. The Hall–Kier alpha value is -2.97. The quantitative estimate of drug-likeness (QED) is 0.426. The molecule has 8 heteroatoms. The second kappa shape index (κ2) is 9.45. The van der Waals surface area contributed by atoms with Gasteiger partial charge < -0.3 is 5.11 Å². The molecule has 0 atom stereocenters. The van der Waals surface area contributed by atoms with E-state index < -0.39 is 21.2 Å². The van der Waals surface area contributed by atoms with Crippen LogP contribution in [0, 0.1) is 0 Å². The van der Waals surface area contributed by atoms with Gasteiger partial charge in [-0.3, -0.25) is 14.3 Å². The summed E-state index contributed by atoms with van der Waals surface area (Å²) in [5.41, 5.74) is 3.83. The van der Waals surface area contributed by atoms with Crippen molar-refractivity contribution in [3.8, 4) is 21.6 Å². The van der Waals surface area contributed by atoms with Crippen molar-refractivity contribution in [3.05, 3.63) is 65.5 Å². The van der Waals surface area contributed by atoms with Gasteiger partial charge in [-0.05, 0) is 42.0 Å². The summed E-state index contributed by atoms with van der Waals surface area (Å²) in [6, 6.07) is 16.6. The fourth-order valence-electron chi connectivity index (χ4n) is 2.91. The molecule has 0 aliphatic heterocycles. The highest BCUT2D eigenvalue weighted by atomic mass is 32.2. The molecular weight excluding hydrogens is 434 g/mol. The maximum absolute atomic E-state index is 12.2. The lowest BCUT2D eigenvalue weighted by molar-refractivity contribution is -0.136. The minimum atomic E-state index is -3.43. The normalized spacial score (nSPS) is 11.5. The molecular formula is C23H23NO5S2. The van der Waals surface area contributed by atoms with E-state index in [9.17, 15) is 18.0 Å². The van der Waals surface area contributed by atoms with Crippen LogP contribution in [0.5, 0.6) is 0 Å². The molecule has 3 aromatic rings. The molecule has 0 saturated carbocycles. The number of aliphatic carboxylic acids is 1. The third-order valence-corrected chi connectivity index (χ3v) is 7.50. The number of carbonyl (C=O) groups excluding carboxylic acids is 1. The minimum absolute atomic E-state index is 0.0207. The van der Waals surface area contributed by atoms with Crippen molar-refractivity contribution in [2.24, 2.45) is 0 Å². The molecule has 3 rings (SSSR count). The first-order valence-corrected chi connectivity index (χ1v) is 12.1. The first-order chi connectivity index (χ1) is 14.7. The van der Waals surface area contributed by atoms with Gasteiger partial charge in [-0.2, -0.15) is 0 Å². The second-order valence-corrected chi connectivity index (χ2v) is 10.5. The highest BCUT2D eigenvalue weighted by Gasteiger charge is 2.18. The van der Waals surface area contributed by atoms with Gasteiger partial charge in [-0.25, -0.2) is 8.42 Å². The summed E-state index contributed by atoms with van der Waals surface area (Å²) in [4.78, 5) is 23.5. The summed E-state index contributed by atoms with van der Waals surface area (Å²) in [5, 5.41) is 10.0. The van der Waals surface area contributed by atoms with E-state index in [0.717, 1.165) is 21.6 Å². The van der Waals surface area contributed by atoms with Gasteiger partial charge >= 0.3 is 5.97 Å². The molecule has 2 N–H and O–H groups in total. The number of carbonyl (C=O) groups is 2. The topological polar surface area (TPSA) is 101 Å². The maximum atomic E-state index is 12.2. The molecule has 31 heavy (non-hydrogen) atoms. The van der Waals surface area contributed by atoms with Gasteiger partial charge in [0.05, 0.1) is 22.2 Å². The van der Waals surface area contributed by atoms with Crippen LogP contribution in [-0.2, 0) is 14.8 Å². The molecule has 2 aromatic carbocycles. The largest absolute Gasteiger partial charge is 0.481 e. The third-order valence-electron chi connectivity index (χ3n) is 4.79. The number of hydrogen-bond donors (Lipinski definition) is 2. The van der Waals surface area contributed by atoms with Crippen LogP contribution >= 0.6 is 11.3 Å². The lowest BCUT2D eigenvalue weighted by atomic mass is 10.00. The number of ketones is 1. The first-order valence-electron chi connectivity index (χ1n) is 9.72. The van der Waals surface area contributed by atoms with E-state index in [1.165, 1.54) is 11.3 Å². The Morgan fingerprint density at radius 2 is 1.45 bits per heavy atom. The summed E-state index contributed by atoms with van der Waals surface area (Å²) >= 11 is 1.46. The van der Waals surface area contributed by atoms with E-state index in [1.54, 1.807) is 32.0 Å². The lowest BCUT2D eigenvalue weighted by Crippen LogP contribution is -2.22. The van der Waals surface area contributed by atoms with E-state index in [0.29, 0.717) is 11.3 Å². The molecule has 1 heterocycles. The van der Waals surface area contributed by atoms with Crippen molar-refractivity contribution >= 4 is 38.8 Å². The Balaban J connectivity index is 1.77. The molecule has 162 valence electrons. The predicted molar refractivity (Wildman–Crippen MR) is 124 cm³/mol. The maximum Gasteiger partial charge on any atom is 0.303 e. The van der Waals surface area contributed by atoms with Gasteiger partial charge in [0, 0.05) is 12.0 Å². The van der Waals surface area contributed by atoms with Crippen molar-refractivity contribution in [1.82, 2.24) is 0 Å². The average molecular weight is 458 g/mol. The van der Waals surface area contributed by atoms with E-state index in [2.05, 4.69) is 4.72 Å². The Kier molecular flexibility index (Phi) is 6.92. The van der Waals surface area contributed by atoms with E-state index in [1.807, 2.05) is 41.8 Å². The van der Waals surface area contributed by atoms with Crippen LogP contribution in [0.2, 0.25) is 0 Å². The molecule has 0 amide bonds. The van der Waals surface area contributed by atoms with Crippen LogP contribution < -0.4 is 4.72 Å². The highest BCUT2D eigenvalue weighted by Crippen LogP contribution is 2.35. The van der Waals surface area contributed by atoms with Crippen LogP contribution in [0.25, 0.3) is 21.6 Å². The molecule has 0 aliphatic rings. The number of Topliss-reactive ketones (excluding diaryl/α,β-unsaturated/α-hetero) is 1. The summed E-state index contributed by atoms with van der Waals surface area (Å²) in [6.45, 7) is 3.27. The smallest absolute Gasteiger partial charge is 0.303 e. The summed E-state index contributed by atoms with van der Waals surface area (Å²) in [7, 11) is -3.43. The summed E-state index contributed by atoms with van der Waals surface area (Å²) in [5.74, 6) is -1.19. The van der Waals surface area contributed by atoms with E-state index in [-0.39, 0.29) is 18.6 Å². The first kappa shape index (κ1) is 22.7. The molecule has 0 fully saturated rings. The van der Waals surface area contributed by atoms with Gasteiger partial charge in [0.25, 0.3) is 0 Å². The predicted octanol–water partition coefficient (Wildman–Crippen LogP) is 5.28. The second-order valence-electron chi connectivity index (χ2n) is 7.33. The zero-order valence-corrected chi connectivity index (χ0v) is 18.8. The van der Waals surface area contributed by atoms with Gasteiger partial charge in [0.15, 0.2) is 5.78 Å². The zero-order valence-electron chi connectivity index (χ0n) is 17.2. The van der Waals surface area contributed by atoms with Crippen LogP contribution in [0.1, 0.15) is 37.0 Å². The molecule has 0 aliphatic carbocycles. The number of nitrogens with one attached hydrogen (secondary N) is 1. The minimum Gasteiger partial charge on any atom is -0.481 e. The van der Waals surface area contributed by atoms with E-state index in [4.69, 9.17) is 5.11 Å². The average Bonchev–Trinajstić information content (AvgIpc) is 3.19. The summed E-state index contributed by atoms with van der Waals surface area (Å²) in [6.07, 6.45) is -0.201. The number of rotatable bonds is 9. The molecule has 0 saturated heterocycles. The molecule has 0 radical (unpaired) electrons. The molecule has 6 nitrogen and oxygen atoms in total.